The average Bonchev–Trinajstić information content (AvgIpc) is 3.20. The maximum atomic E-state index is 14.1. The van der Waals surface area contributed by atoms with E-state index >= 15 is 0 Å². The summed E-state index contributed by atoms with van der Waals surface area (Å²) in [5.41, 5.74) is -0.669. The first-order valence-corrected chi connectivity index (χ1v) is 13.2. The molecule has 188 valence electrons. The third kappa shape index (κ3) is 3.24. The summed E-state index contributed by atoms with van der Waals surface area (Å²) < 4.78 is 5.63. The Balaban J connectivity index is 1.58. The second kappa shape index (κ2) is 8.28. The quantitative estimate of drug-likeness (QED) is 0.535. The number of amides is 1. The van der Waals surface area contributed by atoms with Gasteiger partial charge in [0.15, 0.2) is 0 Å². The molecule has 0 saturated heterocycles. The maximum absolute atomic E-state index is 14.1. The topological polar surface area (TPSA) is 95.9 Å². The van der Waals surface area contributed by atoms with E-state index in [1.165, 1.54) is 26.2 Å². The van der Waals surface area contributed by atoms with Crippen molar-refractivity contribution < 1.29 is 24.5 Å². The molecule has 34 heavy (non-hydrogen) atoms. The molecule has 0 radical (unpaired) electrons. The van der Waals surface area contributed by atoms with Crippen molar-refractivity contribution in [3.63, 3.8) is 0 Å². The minimum absolute atomic E-state index is 0.0292. The van der Waals surface area contributed by atoms with Gasteiger partial charge in [0.25, 0.3) is 0 Å². The third-order valence-electron chi connectivity index (χ3n) is 10.6. The van der Waals surface area contributed by atoms with E-state index in [1.54, 1.807) is 7.11 Å². The summed E-state index contributed by atoms with van der Waals surface area (Å²) in [6, 6.07) is 0. The molecule has 0 aliphatic heterocycles. The molecule has 2 bridgehead atoms. The molecule has 6 nitrogen and oxygen atoms in total. The van der Waals surface area contributed by atoms with E-state index in [1.807, 2.05) is 13.0 Å². The molecule has 5 rings (SSSR count). The van der Waals surface area contributed by atoms with E-state index in [4.69, 9.17) is 4.74 Å². The van der Waals surface area contributed by atoms with Gasteiger partial charge < -0.3 is 20.3 Å². The number of carbonyl (C=O) groups is 2. The zero-order valence-corrected chi connectivity index (χ0v) is 20.9. The van der Waals surface area contributed by atoms with Crippen molar-refractivity contribution in [2.45, 2.75) is 89.4 Å². The standard InChI is InChI=1S/C28H41NO5/c1-16-13-27-15-28(16,33)11-10-20(27)19-12-21(34-4)24(31)26(3,17(2)30)22(19)23(27)25(32)29-14-18-8-6-5-7-9-18/h12,18,20-24,31,33H,1,5-11,13-15H2,2-4H3,(H,29,32)/t20-,21-,22+,23+,24-,26-,27-,28?/m0/s1. The molecule has 1 amide bonds. The highest BCUT2D eigenvalue weighted by atomic mass is 16.5. The maximum Gasteiger partial charge on any atom is 0.224 e. The van der Waals surface area contributed by atoms with Crippen molar-refractivity contribution in [3.8, 4) is 0 Å². The summed E-state index contributed by atoms with van der Waals surface area (Å²) in [4.78, 5) is 27.3. The van der Waals surface area contributed by atoms with Crippen LogP contribution >= 0.6 is 0 Å². The smallest absolute Gasteiger partial charge is 0.224 e. The fourth-order valence-electron chi connectivity index (χ4n) is 8.65. The highest BCUT2D eigenvalue weighted by Gasteiger charge is 2.73. The number of ketones is 1. The van der Waals surface area contributed by atoms with E-state index in [0.717, 1.165) is 30.4 Å². The number of Topliss-reactive ketones (excluding diaryl/α,β-unsaturated/α-hetero) is 1. The molecule has 8 atom stereocenters. The number of fused-ring (bicyclic) bond motifs is 3. The molecular weight excluding hydrogens is 430 g/mol. The van der Waals surface area contributed by atoms with Crippen LogP contribution in [0.4, 0.5) is 0 Å². The molecule has 1 spiro atoms. The summed E-state index contributed by atoms with van der Waals surface area (Å²) in [6.07, 6.45) is 8.82. The SMILES string of the molecule is C=C1C[C@]23CC1(O)CC[C@H]2C1=C[C@H](OC)[C@H](O)[C@@](C)(C(C)=O)[C@H]1[C@@H]3C(=O)NCC1CCCCC1. The lowest BCUT2D eigenvalue weighted by Crippen LogP contribution is -2.57. The Hall–Kier alpha value is -1.50. The lowest BCUT2D eigenvalue weighted by molar-refractivity contribution is -0.152. The Morgan fingerprint density at radius 1 is 1.24 bits per heavy atom. The Morgan fingerprint density at radius 3 is 2.59 bits per heavy atom. The highest BCUT2D eigenvalue weighted by Crippen LogP contribution is 2.73. The molecule has 0 aromatic carbocycles. The van der Waals surface area contributed by atoms with E-state index < -0.39 is 40.5 Å². The Kier molecular flexibility index (Phi) is 5.89. The van der Waals surface area contributed by atoms with Gasteiger partial charge >= 0.3 is 0 Å². The number of hydrogen-bond acceptors (Lipinski definition) is 5. The van der Waals surface area contributed by atoms with Gasteiger partial charge in [0.05, 0.1) is 23.0 Å². The van der Waals surface area contributed by atoms with Gasteiger partial charge in [0.2, 0.25) is 5.91 Å². The summed E-state index contributed by atoms with van der Waals surface area (Å²) >= 11 is 0. The predicted molar refractivity (Wildman–Crippen MR) is 129 cm³/mol. The number of ether oxygens (including phenoxy) is 1. The fourth-order valence-corrected chi connectivity index (χ4v) is 8.65. The van der Waals surface area contributed by atoms with Crippen molar-refractivity contribution >= 4 is 11.7 Å². The molecule has 0 aromatic rings. The van der Waals surface area contributed by atoms with Crippen LogP contribution in [0.25, 0.3) is 0 Å². The number of methoxy groups -OCH3 is 1. The lowest BCUT2D eigenvalue weighted by Gasteiger charge is -2.47. The second-order valence-corrected chi connectivity index (χ2v) is 12.2. The van der Waals surface area contributed by atoms with Crippen LogP contribution in [-0.4, -0.2) is 53.4 Å². The third-order valence-corrected chi connectivity index (χ3v) is 10.6. The molecule has 5 aliphatic carbocycles. The Morgan fingerprint density at radius 2 is 1.94 bits per heavy atom. The van der Waals surface area contributed by atoms with Crippen molar-refractivity contribution in [1.82, 2.24) is 5.32 Å². The monoisotopic (exact) mass is 471 g/mol. The summed E-state index contributed by atoms with van der Waals surface area (Å²) in [7, 11) is 1.56. The molecular formula is C28H41NO5. The summed E-state index contributed by atoms with van der Waals surface area (Å²) in [6.45, 7) is 8.23. The van der Waals surface area contributed by atoms with Crippen LogP contribution in [0.3, 0.4) is 0 Å². The number of rotatable bonds is 5. The summed E-state index contributed by atoms with van der Waals surface area (Å²) in [5, 5.41) is 26.0. The van der Waals surface area contributed by atoms with Gasteiger partial charge in [0, 0.05) is 19.6 Å². The predicted octanol–water partition coefficient (Wildman–Crippen LogP) is 3.32. The van der Waals surface area contributed by atoms with E-state index in [-0.39, 0.29) is 17.6 Å². The zero-order chi connectivity index (χ0) is 24.5. The second-order valence-electron chi connectivity index (χ2n) is 12.2. The molecule has 6 heteroatoms. The largest absolute Gasteiger partial charge is 0.389 e. The van der Waals surface area contributed by atoms with Gasteiger partial charge in [-0.3, -0.25) is 9.59 Å². The van der Waals surface area contributed by atoms with Crippen molar-refractivity contribution in [2.75, 3.05) is 13.7 Å². The summed E-state index contributed by atoms with van der Waals surface area (Å²) in [5.74, 6) is -0.469. The van der Waals surface area contributed by atoms with Crippen LogP contribution in [-0.2, 0) is 14.3 Å². The minimum Gasteiger partial charge on any atom is -0.389 e. The molecule has 0 heterocycles. The van der Waals surface area contributed by atoms with Gasteiger partial charge in [-0.1, -0.05) is 37.5 Å². The number of aliphatic hydroxyl groups excluding tert-OH is 1. The van der Waals surface area contributed by atoms with Crippen LogP contribution < -0.4 is 5.32 Å². The molecule has 0 aromatic heterocycles. The lowest BCUT2D eigenvalue weighted by atomic mass is 9.58. The van der Waals surface area contributed by atoms with Crippen molar-refractivity contribution in [2.24, 2.45) is 34.5 Å². The molecule has 4 fully saturated rings. The number of allylic oxidation sites excluding steroid dienone is 1. The zero-order valence-electron chi connectivity index (χ0n) is 20.9. The van der Waals surface area contributed by atoms with Crippen LogP contribution in [0.1, 0.15) is 71.6 Å². The fraction of sp³-hybridized carbons (Fsp3) is 0.786. The number of aliphatic hydroxyl groups is 2. The van der Waals surface area contributed by atoms with E-state index in [0.29, 0.717) is 31.7 Å². The van der Waals surface area contributed by atoms with Gasteiger partial charge in [-0.2, -0.15) is 0 Å². The average molecular weight is 472 g/mol. The van der Waals surface area contributed by atoms with Crippen LogP contribution in [0.2, 0.25) is 0 Å². The first-order valence-electron chi connectivity index (χ1n) is 13.2. The van der Waals surface area contributed by atoms with Gasteiger partial charge in [0.1, 0.15) is 11.9 Å². The highest BCUT2D eigenvalue weighted by molar-refractivity contribution is 5.88. The number of carbonyl (C=O) groups excluding carboxylic acids is 2. The molecule has 3 N–H and O–H groups in total. The number of nitrogens with one attached hydrogen (secondary N) is 1. The van der Waals surface area contributed by atoms with Gasteiger partial charge in [-0.15, -0.1) is 0 Å². The van der Waals surface area contributed by atoms with Gasteiger partial charge in [-0.05, 0) is 75.2 Å². The van der Waals surface area contributed by atoms with Gasteiger partial charge in [-0.25, -0.2) is 0 Å². The Bertz CT molecular complexity index is 922. The van der Waals surface area contributed by atoms with E-state index in [9.17, 15) is 19.8 Å². The Labute approximate surface area is 203 Å². The molecule has 1 unspecified atom stereocenters. The first-order chi connectivity index (χ1) is 16.1. The van der Waals surface area contributed by atoms with E-state index in [2.05, 4.69) is 11.9 Å². The van der Waals surface area contributed by atoms with Crippen LogP contribution in [0.5, 0.6) is 0 Å². The number of hydrogen-bond donors (Lipinski definition) is 3. The first kappa shape index (κ1) is 24.2. The molecule has 4 saturated carbocycles. The normalized spacial score (nSPS) is 46.0. The molecule has 5 aliphatic rings. The van der Waals surface area contributed by atoms with Crippen LogP contribution in [0, 0.1) is 34.5 Å². The van der Waals surface area contributed by atoms with Crippen molar-refractivity contribution in [3.05, 3.63) is 23.8 Å². The van der Waals surface area contributed by atoms with Crippen LogP contribution in [0.15, 0.2) is 23.8 Å². The minimum atomic E-state index is -1.13. The van der Waals surface area contributed by atoms with Crippen molar-refractivity contribution in [1.29, 1.82) is 0 Å².